The number of ether oxygens (including phenoxy) is 1. The molecule has 10 heteroatoms. The zero-order chi connectivity index (χ0) is 20.8. The van der Waals surface area contributed by atoms with Crippen molar-refractivity contribution in [3.8, 4) is 0 Å². The predicted octanol–water partition coefficient (Wildman–Crippen LogP) is 2.75. The molecule has 0 radical (unpaired) electrons. The maximum absolute atomic E-state index is 12.0. The zero-order valence-electron chi connectivity index (χ0n) is 15.0. The van der Waals surface area contributed by atoms with E-state index in [-0.39, 0.29) is 22.2 Å². The summed E-state index contributed by atoms with van der Waals surface area (Å²) in [6.07, 6.45) is 0. The molecule has 1 N–H and O–H groups in total. The van der Waals surface area contributed by atoms with Crippen LogP contribution in [0.4, 0.5) is 11.4 Å². The highest BCUT2D eigenvalue weighted by Gasteiger charge is 2.17. The second-order valence-corrected chi connectivity index (χ2v) is 6.23. The molecule has 0 aliphatic carbocycles. The molecule has 0 unspecified atom stereocenters. The summed E-state index contributed by atoms with van der Waals surface area (Å²) in [5.41, 5.74) is 0.522. The average Bonchev–Trinajstić information content (AvgIpc) is 2.65. The number of benzene rings is 2. The summed E-state index contributed by atoms with van der Waals surface area (Å²) in [7, 11) is 3.26. The van der Waals surface area contributed by atoms with Crippen molar-refractivity contribution in [3.05, 3.63) is 68.7 Å². The standard InChI is InChI=1S/C18H16ClN3O6/c1-21(2)17(24)11-3-5-12(6-4-11)20-16(23)10-28-18(25)14-8-7-13(22(26)27)9-15(14)19/h3-9H,10H2,1-2H3,(H,20,23). The molecule has 0 bridgehead atoms. The van der Waals surface area contributed by atoms with Crippen LogP contribution < -0.4 is 5.32 Å². The molecule has 2 aromatic rings. The van der Waals surface area contributed by atoms with Crippen molar-refractivity contribution in [1.29, 1.82) is 0 Å². The van der Waals surface area contributed by atoms with E-state index in [1.54, 1.807) is 38.4 Å². The number of hydrogen-bond donors (Lipinski definition) is 1. The first-order valence-electron chi connectivity index (χ1n) is 7.91. The second-order valence-electron chi connectivity index (χ2n) is 5.82. The number of anilines is 1. The molecule has 0 spiro atoms. The molecule has 9 nitrogen and oxygen atoms in total. The summed E-state index contributed by atoms with van der Waals surface area (Å²) in [4.78, 5) is 47.2. The van der Waals surface area contributed by atoms with Crippen molar-refractivity contribution < 1.29 is 24.0 Å². The quantitative estimate of drug-likeness (QED) is 0.448. The van der Waals surface area contributed by atoms with E-state index in [2.05, 4.69) is 5.32 Å². The first-order chi connectivity index (χ1) is 13.2. The molecule has 146 valence electrons. The fourth-order valence-electron chi connectivity index (χ4n) is 2.14. The number of non-ortho nitro benzene ring substituents is 1. The molecule has 0 atom stereocenters. The number of halogens is 1. The molecule has 0 fully saturated rings. The smallest absolute Gasteiger partial charge is 0.340 e. The number of carbonyl (C=O) groups excluding carboxylic acids is 3. The van der Waals surface area contributed by atoms with Crippen molar-refractivity contribution in [2.24, 2.45) is 0 Å². The number of nitrogens with one attached hydrogen (secondary N) is 1. The van der Waals surface area contributed by atoms with Gasteiger partial charge in [0.2, 0.25) is 0 Å². The third-order valence-corrected chi connectivity index (χ3v) is 3.85. The van der Waals surface area contributed by atoms with Gasteiger partial charge in [-0.3, -0.25) is 19.7 Å². The van der Waals surface area contributed by atoms with E-state index in [0.717, 1.165) is 18.2 Å². The Labute approximate surface area is 165 Å². The summed E-state index contributed by atoms with van der Waals surface area (Å²) in [5.74, 6) is -1.66. The van der Waals surface area contributed by atoms with Crippen molar-refractivity contribution in [1.82, 2.24) is 4.90 Å². The number of nitro groups is 1. The van der Waals surface area contributed by atoms with Gasteiger partial charge in [-0.1, -0.05) is 11.6 Å². The molecule has 2 rings (SSSR count). The number of esters is 1. The second kappa shape index (κ2) is 8.96. The molecule has 0 aliphatic heterocycles. The number of amides is 2. The summed E-state index contributed by atoms with van der Waals surface area (Å²) >= 11 is 5.84. The van der Waals surface area contributed by atoms with Crippen LogP contribution in [-0.2, 0) is 9.53 Å². The van der Waals surface area contributed by atoms with Crippen molar-refractivity contribution in [2.45, 2.75) is 0 Å². The summed E-state index contributed by atoms with van der Waals surface area (Å²) in [6.45, 7) is -0.579. The van der Waals surface area contributed by atoms with Crippen LogP contribution >= 0.6 is 11.6 Å². The lowest BCUT2D eigenvalue weighted by Gasteiger charge is -2.11. The molecule has 0 saturated heterocycles. The molecule has 2 aromatic carbocycles. The van der Waals surface area contributed by atoms with E-state index in [1.165, 1.54) is 4.90 Å². The first kappa shape index (κ1) is 20.8. The highest BCUT2D eigenvalue weighted by molar-refractivity contribution is 6.33. The van der Waals surface area contributed by atoms with Crippen LogP contribution in [0.15, 0.2) is 42.5 Å². The third-order valence-electron chi connectivity index (χ3n) is 3.54. The van der Waals surface area contributed by atoms with Gasteiger partial charge in [-0.15, -0.1) is 0 Å². The van der Waals surface area contributed by atoms with Crippen molar-refractivity contribution >= 4 is 40.8 Å². The SMILES string of the molecule is CN(C)C(=O)c1ccc(NC(=O)COC(=O)c2ccc([N+](=O)[O-])cc2Cl)cc1. The summed E-state index contributed by atoms with van der Waals surface area (Å²) in [6, 6.07) is 9.49. The predicted molar refractivity (Wildman–Crippen MR) is 101 cm³/mol. The molecular formula is C18H16ClN3O6. The molecule has 0 aromatic heterocycles. The van der Waals surface area contributed by atoms with Gasteiger partial charge in [-0.2, -0.15) is 0 Å². The highest BCUT2D eigenvalue weighted by Crippen LogP contribution is 2.23. The number of hydrogen-bond acceptors (Lipinski definition) is 6. The van der Waals surface area contributed by atoms with Crippen LogP contribution in [-0.4, -0.2) is 48.3 Å². The number of nitro benzene ring substituents is 1. The van der Waals surface area contributed by atoms with Crippen LogP contribution in [0.5, 0.6) is 0 Å². The minimum atomic E-state index is -0.887. The van der Waals surface area contributed by atoms with E-state index in [9.17, 15) is 24.5 Å². The Morgan fingerprint density at radius 3 is 2.32 bits per heavy atom. The Morgan fingerprint density at radius 1 is 1.14 bits per heavy atom. The largest absolute Gasteiger partial charge is 0.452 e. The Kier molecular flexibility index (Phi) is 6.67. The lowest BCUT2D eigenvalue weighted by atomic mass is 10.2. The molecule has 28 heavy (non-hydrogen) atoms. The maximum Gasteiger partial charge on any atom is 0.340 e. The first-order valence-corrected chi connectivity index (χ1v) is 8.29. The van der Waals surface area contributed by atoms with Gasteiger partial charge in [-0.25, -0.2) is 4.79 Å². The molecule has 0 aliphatic rings. The fourth-order valence-corrected chi connectivity index (χ4v) is 2.40. The molecule has 0 saturated carbocycles. The molecule has 2 amide bonds. The van der Waals surface area contributed by atoms with Crippen LogP contribution in [0, 0.1) is 10.1 Å². The Hall–Kier alpha value is -3.46. The minimum Gasteiger partial charge on any atom is -0.452 e. The van der Waals surface area contributed by atoms with Gasteiger partial charge in [0.05, 0.1) is 15.5 Å². The number of rotatable bonds is 6. The number of carbonyl (C=O) groups is 3. The van der Waals surface area contributed by atoms with Gasteiger partial charge in [0.1, 0.15) is 0 Å². The Balaban J connectivity index is 1.92. The minimum absolute atomic E-state index is 0.0911. The molecular weight excluding hydrogens is 390 g/mol. The fraction of sp³-hybridized carbons (Fsp3) is 0.167. The van der Waals surface area contributed by atoms with E-state index in [0.29, 0.717) is 11.3 Å². The van der Waals surface area contributed by atoms with Crippen LogP contribution in [0.25, 0.3) is 0 Å². The summed E-state index contributed by atoms with van der Waals surface area (Å²) in [5, 5.41) is 13.0. The monoisotopic (exact) mass is 405 g/mol. The van der Waals surface area contributed by atoms with E-state index >= 15 is 0 Å². The van der Waals surface area contributed by atoms with Crippen LogP contribution in [0.1, 0.15) is 20.7 Å². The third kappa shape index (κ3) is 5.27. The summed E-state index contributed by atoms with van der Waals surface area (Å²) < 4.78 is 4.87. The van der Waals surface area contributed by atoms with Gasteiger partial charge in [0.15, 0.2) is 6.61 Å². The van der Waals surface area contributed by atoms with Gasteiger partial charge in [0.25, 0.3) is 17.5 Å². The zero-order valence-corrected chi connectivity index (χ0v) is 15.7. The van der Waals surface area contributed by atoms with Crippen LogP contribution in [0.3, 0.4) is 0 Å². The van der Waals surface area contributed by atoms with E-state index in [4.69, 9.17) is 16.3 Å². The highest BCUT2D eigenvalue weighted by atomic mass is 35.5. The van der Waals surface area contributed by atoms with Crippen molar-refractivity contribution in [3.63, 3.8) is 0 Å². The Bertz CT molecular complexity index is 927. The van der Waals surface area contributed by atoms with E-state index < -0.39 is 23.4 Å². The average molecular weight is 406 g/mol. The van der Waals surface area contributed by atoms with Gasteiger partial charge in [-0.05, 0) is 30.3 Å². The van der Waals surface area contributed by atoms with E-state index in [1.807, 2.05) is 0 Å². The molecule has 0 heterocycles. The van der Waals surface area contributed by atoms with Gasteiger partial charge in [0, 0.05) is 37.5 Å². The topological polar surface area (TPSA) is 119 Å². The number of nitrogens with zero attached hydrogens (tertiary/aromatic N) is 2. The lowest BCUT2D eigenvalue weighted by Crippen LogP contribution is -2.22. The normalized spacial score (nSPS) is 10.1. The van der Waals surface area contributed by atoms with Crippen LogP contribution in [0.2, 0.25) is 5.02 Å². The van der Waals surface area contributed by atoms with Gasteiger partial charge < -0.3 is 15.0 Å². The lowest BCUT2D eigenvalue weighted by molar-refractivity contribution is -0.384. The van der Waals surface area contributed by atoms with Crippen molar-refractivity contribution in [2.75, 3.05) is 26.0 Å². The maximum atomic E-state index is 12.0. The Morgan fingerprint density at radius 2 is 1.79 bits per heavy atom. The van der Waals surface area contributed by atoms with Gasteiger partial charge >= 0.3 is 5.97 Å².